The molecule has 1 fully saturated rings. The molecule has 8 nitrogen and oxygen atoms in total. The molecule has 0 saturated carbocycles. The van der Waals surface area contributed by atoms with Crippen LogP contribution in [-0.4, -0.2) is 28.5 Å². The standard InChI is InChI=1S/C24H17BrN4O4/c1-14-13-18(29(32)33)11-12-19(14)27-23(30)20-21(15-7-9-16(25)10-8-15)26-28(22(20)24(27)31)17-5-3-2-4-6-17/h2-13,20,22H,1H3/t20-,22-/m0/s1. The summed E-state index contributed by atoms with van der Waals surface area (Å²) >= 11 is 3.42. The van der Waals surface area contributed by atoms with Crippen LogP contribution in [0.1, 0.15) is 11.1 Å². The van der Waals surface area contributed by atoms with Crippen molar-refractivity contribution in [3.63, 3.8) is 0 Å². The topological polar surface area (TPSA) is 96.1 Å². The lowest BCUT2D eigenvalue weighted by atomic mass is 9.93. The van der Waals surface area contributed by atoms with Crippen molar-refractivity contribution < 1.29 is 14.5 Å². The van der Waals surface area contributed by atoms with E-state index in [4.69, 9.17) is 5.10 Å². The van der Waals surface area contributed by atoms with Crippen molar-refractivity contribution in [2.75, 3.05) is 9.91 Å². The van der Waals surface area contributed by atoms with Gasteiger partial charge in [-0.05, 0) is 48.4 Å². The Morgan fingerprint density at radius 2 is 1.67 bits per heavy atom. The number of hydrazone groups is 1. The van der Waals surface area contributed by atoms with Gasteiger partial charge in [0.25, 0.3) is 11.6 Å². The number of carbonyl (C=O) groups is 2. The molecule has 0 N–H and O–H groups in total. The maximum atomic E-state index is 13.7. The van der Waals surface area contributed by atoms with Gasteiger partial charge in [-0.15, -0.1) is 0 Å². The van der Waals surface area contributed by atoms with Crippen LogP contribution in [0, 0.1) is 23.0 Å². The number of aryl methyl sites for hydroxylation is 1. The second kappa shape index (κ2) is 7.93. The molecule has 2 amide bonds. The van der Waals surface area contributed by atoms with E-state index in [0.717, 1.165) is 14.9 Å². The SMILES string of the molecule is Cc1cc([N+](=O)[O-])ccc1N1C(=O)[C@H]2C(c3ccc(Br)cc3)=NN(c3ccccc3)[C@@H]2C1=O. The van der Waals surface area contributed by atoms with E-state index in [0.29, 0.717) is 22.6 Å². The normalized spacial score (nSPS) is 19.6. The molecule has 2 heterocycles. The number of hydrogen-bond acceptors (Lipinski definition) is 6. The predicted octanol–water partition coefficient (Wildman–Crippen LogP) is 4.45. The predicted molar refractivity (Wildman–Crippen MR) is 127 cm³/mol. The molecular formula is C24H17BrN4O4. The van der Waals surface area contributed by atoms with Crippen LogP contribution in [0.15, 0.2) is 82.4 Å². The summed E-state index contributed by atoms with van der Waals surface area (Å²) in [6.45, 7) is 1.65. The summed E-state index contributed by atoms with van der Waals surface area (Å²) in [5, 5.41) is 17.4. The maximum Gasteiger partial charge on any atom is 0.269 e. The lowest BCUT2D eigenvalue weighted by Gasteiger charge is -2.22. The Hall–Kier alpha value is -3.85. The van der Waals surface area contributed by atoms with Crippen molar-refractivity contribution in [2.24, 2.45) is 11.0 Å². The smallest absolute Gasteiger partial charge is 0.269 e. The molecular weight excluding hydrogens is 488 g/mol. The number of carbonyl (C=O) groups excluding carboxylic acids is 2. The molecule has 2 aliphatic rings. The molecule has 2 atom stereocenters. The summed E-state index contributed by atoms with van der Waals surface area (Å²) in [5.74, 6) is -1.61. The number of imide groups is 1. The minimum absolute atomic E-state index is 0.0986. The van der Waals surface area contributed by atoms with E-state index in [1.807, 2.05) is 54.6 Å². The molecule has 0 aromatic heterocycles. The van der Waals surface area contributed by atoms with Crippen LogP contribution in [0.2, 0.25) is 0 Å². The molecule has 33 heavy (non-hydrogen) atoms. The third kappa shape index (κ3) is 3.41. The minimum Gasteiger partial charge on any atom is -0.273 e. The summed E-state index contributed by atoms with van der Waals surface area (Å²) in [6, 6.07) is 19.9. The van der Waals surface area contributed by atoms with E-state index in [2.05, 4.69) is 15.9 Å². The van der Waals surface area contributed by atoms with E-state index >= 15 is 0 Å². The molecule has 0 unspecified atom stereocenters. The highest BCUT2D eigenvalue weighted by atomic mass is 79.9. The van der Waals surface area contributed by atoms with Crippen molar-refractivity contribution in [2.45, 2.75) is 13.0 Å². The molecule has 1 saturated heterocycles. The van der Waals surface area contributed by atoms with Gasteiger partial charge in [-0.3, -0.25) is 24.7 Å². The largest absolute Gasteiger partial charge is 0.273 e. The number of nitrogens with zero attached hydrogens (tertiary/aromatic N) is 4. The first-order chi connectivity index (χ1) is 15.9. The van der Waals surface area contributed by atoms with Crippen molar-refractivity contribution in [3.8, 4) is 0 Å². The zero-order valence-corrected chi connectivity index (χ0v) is 19.0. The van der Waals surface area contributed by atoms with Crippen LogP contribution in [0.4, 0.5) is 17.1 Å². The number of non-ortho nitro benzene ring substituents is 1. The van der Waals surface area contributed by atoms with Crippen LogP contribution in [0.25, 0.3) is 0 Å². The summed E-state index contributed by atoms with van der Waals surface area (Å²) in [7, 11) is 0. The molecule has 0 spiro atoms. The third-order valence-electron chi connectivity index (χ3n) is 5.84. The van der Waals surface area contributed by atoms with Crippen molar-refractivity contribution in [1.29, 1.82) is 0 Å². The molecule has 0 bridgehead atoms. The molecule has 0 aliphatic carbocycles. The van der Waals surface area contributed by atoms with Crippen molar-refractivity contribution >= 4 is 50.5 Å². The Kier molecular flexibility index (Phi) is 5.05. The van der Waals surface area contributed by atoms with Crippen LogP contribution in [0.5, 0.6) is 0 Å². The molecule has 9 heteroatoms. The second-order valence-corrected chi connectivity index (χ2v) is 8.75. The van der Waals surface area contributed by atoms with Crippen LogP contribution >= 0.6 is 15.9 Å². The van der Waals surface area contributed by atoms with E-state index in [-0.39, 0.29) is 5.69 Å². The highest BCUT2D eigenvalue weighted by Gasteiger charge is 2.57. The van der Waals surface area contributed by atoms with Gasteiger partial charge >= 0.3 is 0 Å². The van der Waals surface area contributed by atoms with Gasteiger partial charge in [0.2, 0.25) is 5.91 Å². The number of hydrogen-bond donors (Lipinski definition) is 0. The number of nitro benzene ring substituents is 1. The van der Waals surface area contributed by atoms with Gasteiger partial charge < -0.3 is 0 Å². The average molecular weight is 505 g/mol. The van der Waals surface area contributed by atoms with E-state index in [9.17, 15) is 19.7 Å². The van der Waals surface area contributed by atoms with E-state index in [1.54, 1.807) is 11.9 Å². The number of halogens is 1. The number of nitro groups is 1. The Bertz CT molecular complexity index is 1320. The number of rotatable bonds is 4. The minimum atomic E-state index is -0.840. The monoisotopic (exact) mass is 504 g/mol. The Labute approximate surface area is 197 Å². The first-order valence-corrected chi connectivity index (χ1v) is 11.0. The van der Waals surface area contributed by atoms with Gasteiger partial charge in [0, 0.05) is 16.6 Å². The fourth-order valence-electron chi connectivity index (χ4n) is 4.31. The summed E-state index contributed by atoms with van der Waals surface area (Å²) in [4.78, 5) is 39.0. The Morgan fingerprint density at radius 3 is 2.30 bits per heavy atom. The molecule has 2 aliphatic heterocycles. The zero-order valence-electron chi connectivity index (χ0n) is 17.4. The highest BCUT2D eigenvalue weighted by Crippen LogP contribution is 2.40. The summed E-state index contributed by atoms with van der Waals surface area (Å²) in [6.07, 6.45) is 0. The summed E-state index contributed by atoms with van der Waals surface area (Å²) in [5.41, 5.74) is 2.67. The van der Waals surface area contributed by atoms with Gasteiger partial charge in [0.05, 0.1) is 22.0 Å². The van der Waals surface area contributed by atoms with Gasteiger partial charge in [-0.1, -0.05) is 46.3 Å². The molecule has 0 radical (unpaired) electrons. The fraction of sp³-hybridized carbons (Fsp3) is 0.125. The Balaban J connectivity index is 1.62. The quantitative estimate of drug-likeness (QED) is 0.297. The first-order valence-electron chi connectivity index (χ1n) is 10.2. The van der Waals surface area contributed by atoms with Crippen LogP contribution < -0.4 is 9.91 Å². The fourth-order valence-corrected chi connectivity index (χ4v) is 4.57. The van der Waals surface area contributed by atoms with Crippen LogP contribution in [-0.2, 0) is 9.59 Å². The Morgan fingerprint density at radius 1 is 0.970 bits per heavy atom. The molecule has 3 aromatic carbocycles. The summed E-state index contributed by atoms with van der Waals surface area (Å²) < 4.78 is 0.887. The number of fused-ring (bicyclic) bond motifs is 1. The molecule has 5 rings (SSSR count). The van der Waals surface area contributed by atoms with Gasteiger partial charge in [-0.25, -0.2) is 4.90 Å². The second-order valence-electron chi connectivity index (χ2n) is 7.83. The van der Waals surface area contributed by atoms with Crippen LogP contribution in [0.3, 0.4) is 0 Å². The zero-order chi connectivity index (χ0) is 23.3. The number of amides is 2. The number of benzene rings is 3. The lowest BCUT2D eigenvalue weighted by molar-refractivity contribution is -0.384. The third-order valence-corrected chi connectivity index (χ3v) is 6.37. The van der Waals surface area contributed by atoms with Crippen molar-refractivity contribution in [1.82, 2.24) is 0 Å². The molecule has 3 aromatic rings. The first kappa shape index (κ1) is 21.0. The van der Waals surface area contributed by atoms with Crippen molar-refractivity contribution in [3.05, 3.63) is 98.5 Å². The average Bonchev–Trinajstić information content (AvgIpc) is 3.32. The maximum absolute atomic E-state index is 13.7. The van der Waals surface area contributed by atoms with E-state index in [1.165, 1.54) is 18.2 Å². The highest BCUT2D eigenvalue weighted by molar-refractivity contribution is 9.10. The molecule has 164 valence electrons. The number of para-hydroxylation sites is 1. The van der Waals surface area contributed by atoms with Gasteiger partial charge in [0.1, 0.15) is 12.0 Å². The van der Waals surface area contributed by atoms with Gasteiger partial charge in [0.15, 0.2) is 0 Å². The lowest BCUT2D eigenvalue weighted by Crippen LogP contribution is -2.39. The van der Waals surface area contributed by atoms with E-state index < -0.39 is 28.7 Å². The number of anilines is 2. The van der Waals surface area contributed by atoms with Gasteiger partial charge in [-0.2, -0.15) is 5.10 Å².